The van der Waals surface area contributed by atoms with E-state index in [2.05, 4.69) is 20.5 Å². The van der Waals surface area contributed by atoms with Gasteiger partial charge < -0.3 is 22.2 Å². The van der Waals surface area contributed by atoms with Gasteiger partial charge in [-0.25, -0.2) is 13.1 Å². The second-order valence-corrected chi connectivity index (χ2v) is 11.7. The van der Waals surface area contributed by atoms with E-state index in [-0.39, 0.29) is 30.0 Å². The second kappa shape index (κ2) is 15.4. The molecule has 2 aromatic rings. The number of hydrogen-bond acceptors (Lipinski definition) is 7. The standard InChI is InChI=1S/C26H38N6O4S2/c1-4-18(2)23(32-38(35,36)17-20-8-6-5-7-9-20)26(34)30-22(14-15-37-3)25(33)29-16-19-10-12-21(13-11-19)24(27)31-28/h5-13,18,22-23,32H,4,14-17,28H2,1-3H3,(H2,27,31)(H,29,33)(H,30,34)/t18?,22-,23+/m0/s1. The van der Waals surface area contributed by atoms with Gasteiger partial charge in [0.1, 0.15) is 17.9 Å². The number of carbonyl (C=O) groups excluding carboxylic acids is 2. The fraction of sp³-hybridized carbons (Fsp3) is 0.423. The Morgan fingerprint density at radius 2 is 1.68 bits per heavy atom. The van der Waals surface area contributed by atoms with Crippen molar-refractivity contribution in [2.75, 3.05) is 12.0 Å². The van der Waals surface area contributed by atoms with Crippen LogP contribution in [0.1, 0.15) is 43.4 Å². The fourth-order valence-electron chi connectivity index (χ4n) is 3.64. The number of nitrogens with two attached hydrogens (primary N) is 2. The summed E-state index contributed by atoms with van der Waals surface area (Å²) in [6.45, 7) is 3.92. The molecule has 0 bridgehead atoms. The Balaban J connectivity index is 2.10. The summed E-state index contributed by atoms with van der Waals surface area (Å²) in [5, 5.41) is 9.09. The summed E-state index contributed by atoms with van der Waals surface area (Å²) in [5.74, 6) is 4.63. The van der Waals surface area contributed by atoms with Gasteiger partial charge in [-0.1, -0.05) is 74.9 Å². The fourth-order valence-corrected chi connectivity index (χ4v) is 5.55. The van der Waals surface area contributed by atoms with Crippen LogP contribution in [0.5, 0.6) is 0 Å². The quantitative estimate of drug-likeness (QED) is 0.0951. The Hall–Kier alpha value is -3.09. The number of hydrazone groups is 1. The van der Waals surface area contributed by atoms with Gasteiger partial charge >= 0.3 is 0 Å². The molecular weight excluding hydrogens is 524 g/mol. The maximum atomic E-state index is 13.3. The maximum absolute atomic E-state index is 13.3. The number of hydrogen-bond donors (Lipinski definition) is 5. The van der Waals surface area contributed by atoms with E-state index in [0.29, 0.717) is 29.7 Å². The SMILES string of the molecule is CCC(C)[C@@H](NS(=O)(=O)Cc1ccccc1)C(=O)N[C@@H](CCSC)C(=O)NCc1ccc(/C(N)=N/N)cc1. The normalized spacial score (nSPS) is 14.3. The molecule has 0 heterocycles. The zero-order valence-corrected chi connectivity index (χ0v) is 23.6. The number of thioether (sulfide) groups is 1. The summed E-state index contributed by atoms with van der Waals surface area (Å²) >= 11 is 1.55. The smallest absolute Gasteiger partial charge is 0.242 e. The summed E-state index contributed by atoms with van der Waals surface area (Å²) in [5.41, 5.74) is 7.81. The lowest BCUT2D eigenvalue weighted by molar-refractivity contribution is -0.130. The van der Waals surface area contributed by atoms with Crippen molar-refractivity contribution in [2.24, 2.45) is 22.6 Å². The van der Waals surface area contributed by atoms with E-state index in [1.165, 1.54) is 0 Å². The van der Waals surface area contributed by atoms with Crippen LogP contribution in [0, 0.1) is 5.92 Å². The van der Waals surface area contributed by atoms with E-state index in [4.69, 9.17) is 11.6 Å². The molecule has 2 aromatic carbocycles. The van der Waals surface area contributed by atoms with Gasteiger partial charge in [-0.15, -0.1) is 0 Å². The summed E-state index contributed by atoms with van der Waals surface area (Å²) in [6.07, 6.45) is 2.88. The van der Waals surface area contributed by atoms with Crippen molar-refractivity contribution in [3.8, 4) is 0 Å². The highest BCUT2D eigenvalue weighted by Crippen LogP contribution is 2.13. The van der Waals surface area contributed by atoms with E-state index in [1.54, 1.807) is 73.3 Å². The highest BCUT2D eigenvalue weighted by molar-refractivity contribution is 7.98. The Morgan fingerprint density at radius 3 is 2.26 bits per heavy atom. The van der Waals surface area contributed by atoms with Crippen LogP contribution >= 0.6 is 11.8 Å². The van der Waals surface area contributed by atoms with Crippen molar-refractivity contribution < 1.29 is 18.0 Å². The molecule has 0 aliphatic heterocycles. The van der Waals surface area contributed by atoms with Crippen molar-refractivity contribution >= 4 is 39.4 Å². The van der Waals surface area contributed by atoms with Crippen molar-refractivity contribution in [3.63, 3.8) is 0 Å². The molecule has 208 valence electrons. The zero-order valence-electron chi connectivity index (χ0n) is 22.0. The van der Waals surface area contributed by atoms with Crippen LogP contribution < -0.4 is 26.9 Å². The molecule has 2 rings (SSSR count). The largest absolute Gasteiger partial charge is 0.382 e. The number of rotatable bonds is 15. The van der Waals surface area contributed by atoms with Gasteiger partial charge in [0, 0.05) is 12.1 Å². The summed E-state index contributed by atoms with van der Waals surface area (Å²) in [7, 11) is -3.81. The van der Waals surface area contributed by atoms with Gasteiger partial charge in [0.2, 0.25) is 21.8 Å². The second-order valence-electron chi connectivity index (χ2n) is 9.00. The predicted octanol–water partition coefficient (Wildman–Crippen LogP) is 1.65. The highest BCUT2D eigenvalue weighted by atomic mass is 32.2. The van der Waals surface area contributed by atoms with Gasteiger partial charge in [0.15, 0.2) is 0 Å². The molecule has 10 nitrogen and oxygen atoms in total. The first-order valence-electron chi connectivity index (χ1n) is 12.3. The molecule has 0 spiro atoms. The number of carbonyl (C=O) groups is 2. The third-order valence-electron chi connectivity index (χ3n) is 6.10. The number of benzene rings is 2. The van der Waals surface area contributed by atoms with Crippen LogP contribution in [0.25, 0.3) is 0 Å². The average molecular weight is 563 g/mol. The van der Waals surface area contributed by atoms with Crippen molar-refractivity contribution in [1.29, 1.82) is 0 Å². The molecule has 3 atom stereocenters. The molecule has 0 fully saturated rings. The Kier molecular flexibility index (Phi) is 12.6. The molecule has 0 saturated carbocycles. The van der Waals surface area contributed by atoms with E-state index >= 15 is 0 Å². The van der Waals surface area contributed by atoms with Crippen molar-refractivity contribution in [3.05, 3.63) is 71.3 Å². The first-order valence-corrected chi connectivity index (χ1v) is 15.4. The lowest BCUT2D eigenvalue weighted by Gasteiger charge is -2.26. The molecule has 0 radical (unpaired) electrons. The van der Waals surface area contributed by atoms with Crippen LogP contribution in [0.15, 0.2) is 59.7 Å². The number of nitrogens with zero attached hydrogens (tertiary/aromatic N) is 1. The molecule has 0 aromatic heterocycles. The maximum Gasteiger partial charge on any atom is 0.242 e. The first-order chi connectivity index (χ1) is 18.1. The van der Waals surface area contributed by atoms with Gasteiger partial charge in [-0.05, 0) is 35.5 Å². The van der Waals surface area contributed by atoms with E-state index in [1.807, 2.05) is 13.2 Å². The number of amides is 2. The van der Waals surface area contributed by atoms with E-state index in [9.17, 15) is 18.0 Å². The van der Waals surface area contributed by atoms with Crippen LogP contribution in [0.4, 0.5) is 0 Å². The van der Waals surface area contributed by atoms with Gasteiger partial charge in [-0.3, -0.25) is 9.59 Å². The Labute approximate surface area is 229 Å². The highest BCUT2D eigenvalue weighted by Gasteiger charge is 2.31. The summed E-state index contributed by atoms with van der Waals surface area (Å²) in [4.78, 5) is 26.3. The number of nitrogens with one attached hydrogen (secondary N) is 3. The Bertz CT molecular complexity index is 1170. The molecule has 0 aliphatic carbocycles. The number of sulfonamides is 1. The van der Waals surface area contributed by atoms with Gasteiger partial charge in [0.05, 0.1) is 5.75 Å². The molecule has 0 aliphatic rings. The average Bonchev–Trinajstić information content (AvgIpc) is 2.92. The molecule has 12 heteroatoms. The lowest BCUT2D eigenvalue weighted by Crippen LogP contribution is -2.55. The first kappa shape index (κ1) is 31.1. The van der Waals surface area contributed by atoms with Gasteiger partial charge in [0.25, 0.3) is 0 Å². The third kappa shape index (κ3) is 9.99. The molecule has 38 heavy (non-hydrogen) atoms. The monoisotopic (exact) mass is 562 g/mol. The number of amidine groups is 1. The minimum absolute atomic E-state index is 0.204. The lowest BCUT2D eigenvalue weighted by atomic mass is 9.99. The van der Waals surface area contributed by atoms with Gasteiger partial charge in [-0.2, -0.15) is 16.9 Å². The molecule has 2 amide bonds. The zero-order chi connectivity index (χ0) is 28.1. The Morgan fingerprint density at radius 1 is 1.03 bits per heavy atom. The van der Waals surface area contributed by atoms with Crippen molar-refractivity contribution in [2.45, 2.75) is 51.1 Å². The molecule has 0 saturated heterocycles. The molecule has 1 unspecified atom stereocenters. The summed E-state index contributed by atoms with van der Waals surface area (Å²) < 4.78 is 28.3. The minimum Gasteiger partial charge on any atom is -0.382 e. The van der Waals surface area contributed by atoms with Crippen LogP contribution in [-0.2, 0) is 31.9 Å². The van der Waals surface area contributed by atoms with Crippen LogP contribution in [0.3, 0.4) is 0 Å². The predicted molar refractivity (Wildman–Crippen MR) is 154 cm³/mol. The van der Waals surface area contributed by atoms with Crippen molar-refractivity contribution in [1.82, 2.24) is 15.4 Å². The van der Waals surface area contributed by atoms with E-state index < -0.39 is 28.0 Å². The topological polar surface area (TPSA) is 169 Å². The summed E-state index contributed by atoms with van der Waals surface area (Å²) in [6, 6.07) is 14.0. The van der Waals surface area contributed by atoms with Crippen LogP contribution in [-0.4, -0.2) is 50.2 Å². The minimum atomic E-state index is -3.81. The van der Waals surface area contributed by atoms with E-state index in [0.717, 1.165) is 5.56 Å². The van der Waals surface area contributed by atoms with Crippen LogP contribution in [0.2, 0.25) is 0 Å². The molecular formula is C26H38N6O4S2. The molecule has 7 N–H and O–H groups in total. The third-order valence-corrected chi connectivity index (χ3v) is 8.07.